The average Bonchev–Trinajstić information content (AvgIpc) is 3.41. The van der Waals surface area contributed by atoms with Gasteiger partial charge >= 0.3 is 0 Å². The van der Waals surface area contributed by atoms with Crippen LogP contribution in [0.3, 0.4) is 0 Å². The summed E-state index contributed by atoms with van der Waals surface area (Å²) in [5.74, 6) is -45.2. The third-order valence-corrected chi connectivity index (χ3v) is 5.93. The molecule has 0 aromatic heterocycles. The van der Waals surface area contributed by atoms with E-state index in [4.69, 9.17) is 0 Å². The fourth-order valence-corrected chi connectivity index (χ4v) is 3.93. The van der Waals surface area contributed by atoms with Crippen molar-refractivity contribution in [2.75, 3.05) is 20.1 Å². The summed E-state index contributed by atoms with van der Waals surface area (Å²) in [7, 11) is 2.17. The monoisotopic (exact) mass is 597 g/mol. The van der Waals surface area contributed by atoms with E-state index in [-0.39, 0.29) is 0 Å². The summed E-state index contributed by atoms with van der Waals surface area (Å²) in [5.41, 5.74) is -8.03. The molecule has 0 saturated carbocycles. The third-order valence-electron chi connectivity index (χ3n) is 5.93. The van der Waals surface area contributed by atoms with Crippen LogP contribution in [0.5, 0.6) is 0 Å². The molecule has 4 rings (SSSR count). The maximum Gasteiger partial charge on any atom is 0.265 e. The molecule has 1 heterocycles. The molecule has 40 heavy (non-hydrogen) atoms. The number of nitrogens with zero attached hydrogens (tertiary/aromatic N) is 1. The van der Waals surface area contributed by atoms with Crippen molar-refractivity contribution < 1.29 is 65.9 Å². The lowest BCUT2D eigenvalue weighted by molar-refractivity contribution is 0.380. The largest absolute Gasteiger partial charge is 0.306 e. The lowest BCUT2D eigenvalue weighted by Crippen LogP contribution is -2.60. The third kappa shape index (κ3) is 5.10. The molecule has 1 fully saturated rings. The van der Waals surface area contributed by atoms with E-state index in [1.807, 2.05) is 0 Å². The molecule has 1 aliphatic rings. The van der Waals surface area contributed by atoms with Gasteiger partial charge in [-0.05, 0) is 33.0 Å². The molecular weight excluding hydrogens is 586 g/mol. The topological polar surface area (TPSA) is 3.24 Å². The number of likely N-dealkylation sites (tertiary alicyclic amines) is 1. The molecular formula is C23H11BF15N. The van der Waals surface area contributed by atoms with Gasteiger partial charge in [-0.1, -0.05) is 0 Å². The van der Waals surface area contributed by atoms with Crippen LogP contribution in [0.1, 0.15) is 12.8 Å². The van der Waals surface area contributed by atoms with Gasteiger partial charge < -0.3 is 4.90 Å². The van der Waals surface area contributed by atoms with Crippen LogP contribution in [-0.4, -0.2) is 31.7 Å². The first-order valence-electron chi connectivity index (χ1n) is 10.8. The molecule has 0 unspecified atom stereocenters. The highest BCUT2D eigenvalue weighted by atomic mass is 19.2. The Bertz CT molecular complexity index is 1230. The van der Waals surface area contributed by atoms with E-state index in [0.29, 0.717) is 0 Å². The first kappa shape index (κ1) is 31.2. The van der Waals surface area contributed by atoms with E-state index in [0.717, 1.165) is 0 Å². The highest BCUT2D eigenvalue weighted by molar-refractivity contribution is 6.95. The first-order valence-corrected chi connectivity index (χ1v) is 10.8. The highest BCUT2D eigenvalue weighted by Crippen LogP contribution is 2.23. The number of hydrogen-bond acceptors (Lipinski definition) is 1. The van der Waals surface area contributed by atoms with Gasteiger partial charge in [0.15, 0.2) is 87.3 Å². The fourth-order valence-electron chi connectivity index (χ4n) is 3.93. The van der Waals surface area contributed by atoms with E-state index in [1.54, 1.807) is 0 Å². The molecule has 1 aliphatic heterocycles. The van der Waals surface area contributed by atoms with Gasteiger partial charge in [-0.3, -0.25) is 0 Å². The molecule has 0 radical (unpaired) electrons. The number of benzene rings is 3. The summed E-state index contributed by atoms with van der Waals surface area (Å²) < 4.78 is 209. The molecule has 3 aromatic rings. The normalized spacial score (nSPS) is 13.5. The Hall–Kier alpha value is -3.37. The lowest BCUT2D eigenvalue weighted by Gasteiger charge is -2.21. The van der Waals surface area contributed by atoms with Crippen molar-refractivity contribution in [3.63, 3.8) is 0 Å². The second-order valence-corrected chi connectivity index (χ2v) is 8.39. The van der Waals surface area contributed by atoms with Crippen LogP contribution in [0.2, 0.25) is 0 Å². The molecule has 0 aliphatic carbocycles. The van der Waals surface area contributed by atoms with Crippen LogP contribution in [0.4, 0.5) is 65.9 Å². The number of rotatable bonds is 3. The van der Waals surface area contributed by atoms with Crippen molar-refractivity contribution in [1.29, 1.82) is 0 Å². The van der Waals surface area contributed by atoms with Crippen LogP contribution < -0.4 is 16.4 Å². The molecule has 1 nitrogen and oxygen atoms in total. The Labute approximate surface area is 214 Å². The number of halogens is 15. The minimum absolute atomic E-state index is 1.32. The quantitative estimate of drug-likeness (QED) is 0.178. The smallest absolute Gasteiger partial charge is 0.265 e. The molecule has 1 saturated heterocycles. The van der Waals surface area contributed by atoms with Gasteiger partial charge in [-0.25, -0.2) is 65.9 Å². The minimum Gasteiger partial charge on any atom is -0.306 e. The van der Waals surface area contributed by atoms with Crippen molar-refractivity contribution in [2.45, 2.75) is 12.8 Å². The van der Waals surface area contributed by atoms with Crippen molar-refractivity contribution in [2.24, 2.45) is 0 Å². The van der Waals surface area contributed by atoms with Crippen molar-refractivity contribution in [3.8, 4) is 0 Å². The molecule has 0 bridgehead atoms. The number of hydrogen-bond donors (Lipinski definition) is 0. The second-order valence-electron chi connectivity index (χ2n) is 8.39. The standard InChI is InChI=1S/C18BF15.C5H11N/c20-4-1(5(21)11(27)16(32)10(4)26)19(2-6(22)12(28)17(33)13(29)7(2)23)3-8(24)14(30)18(34)15(31)9(3)25;1-6-4-2-3-5-6/h;2-5H2,1H3. The van der Waals surface area contributed by atoms with Crippen LogP contribution in [0.25, 0.3) is 0 Å². The predicted molar refractivity (Wildman–Crippen MR) is 110 cm³/mol. The molecule has 216 valence electrons. The fraction of sp³-hybridized carbons (Fsp3) is 0.217. The zero-order valence-electron chi connectivity index (χ0n) is 19.5. The molecule has 17 heteroatoms. The zero-order valence-corrected chi connectivity index (χ0v) is 19.5. The van der Waals surface area contributed by atoms with Gasteiger partial charge in [-0.2, -0.15) is 0 Å². The summed E-state index contributed by atoms with van der Waals surface area (Å²) in [6, 6.07) is 0. The summed E-state index contributed by atoms with van der Waals surface area (Å²) in [5, 5.41) is 0. The molecule has 0 spiro atoms. The second kappa shape index (κ2) is 11.6. The Morgan fingerprint density at radius 3 is 0.675 bits per heavy atom. The van der Waals surface area contributed by atoms with Gasteiger partial charge in [-0.15, -0.1) is 0 Å². The maximum atomic E-state index is 14.4. The Kier molecular flexibility index (Phi) is 9.06. The van der Waals surface area contributed by atoms with Gasteiger partial charge in [0.25, 0.3) is 6.71 Å². The summed E-state index contributed by atoms with van der Waals surface area (Å²) in [4.78, 5) is 2.36. The Balaban J connectivity index is 0.000000649. The summed E-state index contributed by atoms with van der Waals surface area (Å²) in [6.07, 6.45) is 2.83. The van der Waals surface area contributed by atoms with E-state index < -0.39 is 110 Å². The molecule has 0 N–H and O–H groups in total. The van der Waals surface area contributed by atoms with E-state index in [2.05, 4.69) is 11.9 Å². The van der Waals surface area contributed by atoms with Gasteiger partial charge in [0.1, 0.15) is 0 Å². The van der Waals surface area contributed by atoms with E-state index in [1.165, 1.54) is 25.9 Å². The van der Waals surface area contributed by atoms with Crippen molar-refractivity contribution >= 4 is 23.1 Å². The van der Waals surface area contributed by atoms with Gasteiger partial charge in [0, 0.05) is 16.4 Å². The van der Waals surface area contributed by atoms with Crippen LogP contribution in [-0.2, 0) is 0 Å². The maximum absolute atomic E-state index is 14.4. The van der Waals surface area contributed by atoms with Crippen LogP contribution in [0.15, 0.2) is 0 Å². The Morgan fingerprint density at radius 2 is 0.525 bits per heavy atom. The van der Waals surface area contributed by atoms with Crippen molar-refractivity contribution in [3.05, 3.63) is 87.3 Å². The highest BCUT2D eigenvalue weighted by Gasteiger charge is 2.45. The average molecular weight is 597 g/mol. The molecule has 0 amide bonds. The van der Waals surface area contributed by atoms with Crippen LogP contribution >= 0.6 is 0 Å². The van der Waals surface area contributed by atoms with Gasteiger partial charge in [0.05, 0.1) is 0 Å². The van der Waals surface area contributed by atoms with E-state index >= 15 is 0 Å². The molecule has 3 aromatic carbocycles. The Morgan fingerprint density at radius 1 is 0.350 bits per heavy atom. The predicted octanol–water partition coefficient (Wildman–Crippen LogP) is 5.00. The van der Waals surface area contributed by atoms with Gasteiger partial charge in [0.2, 0.25) is 0 Å². The van der Waals surface area contributed by atoms with Crippen molar-refractivity contribution in [1.82, 2.24) is 4.90 Å². The first-order chi connectivity index (χ1) is 18.6. The molecule has 0 atom stereocenters. The SMILES string of the molecule is CN1CCCC1.Fc1c(F)c(F)c(B(c2c(F)c(F)c(F)c(F)c2F)c2c(F)c(F)c(F)c(F)c2F)c(F)c1F. The summed E-state index contributed by atoms with van der Waals surface area (Å²) >= 11 is 0. The minimum atomic E-state index is -3.96. The summed E-state index contributed by atoms with van der Waals surface area (Å²) in [6.45, 7) is -1.32. The zero-order chi connectivity index (χ0) is 30.4. The van der Waals surface area contributed by atoms with Crippen LogP contribution in [0, 0.1) is 87.3 Å². The van der Waals surface area contributed by atoms with E-state index in [9.17, 15) is 65.9 Å². The lowest BCUT2D eigenvalue weighted by atomic mass is 9.36.